The second-order valence-electron chi connectivity index (χ2n) is 3.47. The molecule has 1 aliphatic rings. The normalized spacial score (nSPS) is 20.5. The van der Waals surface area contributed by atoms with Crippen molar-refractivity contribution in [1.82, 2.24) is 0 Å². The van der Waals surface area contributed by atoms with Crippen molar-refractivity contribution >= 4 is 0 Å². The van der Waals surface area contributed by atoms with E-state index in [0.717, 1.165) is 6.61 Å². The zero-order chi connectivity index (χ0) is 10.3. The maximum absolute atomic E-state index is 8.66. The van der Waals surface area contributed by atoms with Crippen LogP contribution in [0.2, 0.25) is 0 Å². The molecule has 0 spiro atoms. The zero-order valence-electron chi connectivity index (χ0n) is 8.36. The Balaban J connectivity index is 0.000000293. The van der Waals surface area contributed by atoms with Gasteiger partial charge in [0, 0.05) is 5.41 Å². The Morgan fingerprint density at radius 2 is 1.54 bits per heavy atom. The van der Waals surface area contributed by atoms with E-state index in [-0.39, 0.29) is 19.8 Å². The van der Waals surface area contributed by atoms with E-state index in [0.29, 0.717) is 12.5 Å². The van der Waals surface area contributed by atoms with Gasteiger partial charge in [0.05, 0.1) is 32.5 Å². The van der Waals surface area contributed by atoms with Crippen LogP contribution in [0.4, 0.5) is 0 Å². The summed E-state index contributed by atoms with van der Waals surface area (Å²) < 4.78 is 4.71. The molecule has 80 valence electrons. The van der Waals surface area contributed by atoms with E-state index in [1.807, 2.05) is 6.92 Å². The molecule has 0 saturated carbocycles. The van der Waals surface area contributed by atoms with Crippen LogP contribution in [0.25, 0.3) is 0 Å². The minimum absolute atomic E-state index is 0.156. The number of aliphatic hydroxyl groups excluding tert-OH is 3. The first-order valence-electron chi connectivity index (χ1n) is 4.58. The molecule has 4 nitrogen and oxygen atoms in total. The molecule has 0 aromatic heterocycles. The quantitative estimate of drug-likeness (QED) is 0.538. The third-order valence-electron chi connectivity index (χ3n) is 2.26. The highest BCUT2D eigenvalue weighted by Gasteiger charge is 2.24. The van der Waals surface area contributed by atoms with Crippen LogP contribution in [0.5, 0.6) is 0 Å². The monoisotopic (exact) mass is 192 g/mol. The van der Waals surface area contributed by atoms with Crippen molar-refractivity contribution in [2.75, 3.05) is 26.4 Å². The van der Waals surface area contributed by atoms with E-state index in [1.54, 1.807) is 0 Å². The van der Waals surface area contributed by atoms with Crippen LogP contribution >= 0.6 is 0 Å². The van der Waals surface area contributed by atoms with E-state index >= 15 is 0 Å². The van der Waals surface area contributed by atoms with Gasteiger partial charge in [-0.25, -0.2) is 0 Å². The third kappa shape index (κ3) is 5.21. The number of ether oxygens (including phenoxy) is 1. The van der Waals surface area contributed by atoms with Crippen molar-refractivity contribution < 1.29 is 20.1 Å². The van der Waals surface area contributed by atoms with Gasteiger partial charge in [0.25, 0.3) is 0 Å². The van der Waals surface area contributed by atoms with Gasteiger partial charge in [0.1, 0.15) is 0 Å². The molecule has 1 fully saturated rings. The van der Waals surface area contributed by atoms with E-state index < -0.39 is 5.41 Å². The molecule has 0 radical (unpaired) electrons. The molecule has 1 saturated heterocycles. The highest BCUT2D eigenvalue weighted by molar-refractivity contribution is 4.74. The van der Waals surface area contributed by atoms with Crippen molar-refractivity contribution in [2.24, 2.45) is 5.41 Å². The van der Waals surface area contributed by atoms with Crippen LogP contribution in [0.3, 0.4) is 0 Å². The highest BCUT2D eigenvalue weighted by Crippen LogP contribution is 2.18. The lowest BCUT2D eigenvalue weighted by Crippen LogP contribution is -2.32. The second-order valence-corrected chi connectivity index (χ2v) is 3.47. The number of epoxide rings is 1. The van der Waals surface area contributed by atoms with Gasteiger partial charge in [-0.2, -0.15) is 0 Å². The molecular weight excluding hydrogens is 172 g/mol. The first-order valence-corrected chi connectivity index (χ1v) is 4.58. The number of hydrogen-bond acceptors (Lipinski definition) is 4. The van der Waals surface area contributed by atoms with Crippen LogP contribution in [0, 0.1) is 5.41 Å². The lowest BCUT2D eigenvalue weighted by atomic mass is 9.88. The summed E-state index contributed by atoms with van der Waals surface area (Å²) in [4.78, 5) is 0. The van der Waals surface area contributed by atoms with Crippen molar-refractivity contribution in [2.45, 2.75) is 26.4 Å². The summed E-state index contributed by atoms with van der Waals surface area (Å²) in [5.41, 5.74) is -0.667. The van der Waals surface area contributed by atoms with Gasteiger partial charge >= 0.3 is 0 Å². The van der Waals surface area contributed by atoms with Gasteiger partial charge in [0.2, 0.25) is 0 Å². The fourth-order valence-corrected chi connectivity index (χ4v) is 0.582. The lowest BCUT2D eigenvalue weighted by Gasteiger charge is -2.24. The Morgan fingerprint density at radius 1 is 1.23 bits per heavy atom. The van der Waals surface area contributed by atoms with Crippen LogP contribution in [0.15, 0.2) is 0 Å². The number of aliphatic hydroxyl groups is 3. The molecule has 0 aromatic carbocycles. The van der Waals surface area contributed by atoms with Crippen molar-refractivity contribution in [1.29, 1.82) is 0 Å². The van der Waals surface area contributed by atoms with Gasteiger partial charge in [-0.1, -0.05) is 6.92 Å². The Hall–Kier alpha value is -0.160. The van der Waals surface area contributed by atoms with Crippen LogP contribution in [-0.4, -0.2) is 47.9 Å². The van der Waals surface area contributed by atoms with Gasteiger partial charge in [-0.05, 0) is 13.3 Å². The van der Waals surface area contributed by atoms with Crippen molar-refractivity contribution in [3.63, 3.8) is 0 Å². The standard InChI is InChI=1S/C6H14O3.C3H6O/c1-2-6(3-7,4-8)5-9;1-3-2-4-3/h7-9H,2-5H2,1H3;3H,2H2,1H3. The summed E-state index contributed by atoms with van der Waals surface area (Å²) in [5, 5.41) is 26.0. The van der Waals surface area contributed by atoms with Gasteiger partial charge < -0.3 is 20.1 Å². The summed E-state index contributed by atoms with van der Waals surface area (Å²) in [5.74, 6) is 0. The Labute approximate surface area is 79.2 Å². The summed E-state index contributed by atoms with van der Waals surface area (Å²) >= 11 is 0. The predicted molar refractivity (Wildman–Crippen MR) is 49.4 cm³/mol. The lowest BCUT2D eigenvalue weighted by molar-refractivity contribution is 0.00304. The molecule has 13 heavy (non-hydrogen) atoms. The smallest absolute Gasteiger partial charge is 0.0781 e. The summed E-state index contributed by atoms with van der Waals surface area (Å²) in [6.07, 6.45) is 1.18. The molecule has 0 aromatic rings. The first kappa shape index (κ1) is 12.8. The van der Waals surface area contributed by atoms with Gasteiger partial charge in [-0.15, -0.1) is 0 Å². The second kappa shape index (κ2) is 6.32. The highest BCUT2D eigenvalue weighted by atomic mass is 16.6. The molecule has 0 amide bonds. The molecule has 0 aliphatic carbocycles. The Bertz CT molecular complexity index is 101. The number of hydrogen-bond donors (Lipinski definition) is 3. The predicted octanol–water partition coefficient (Wildman–Crippen LogP) is -0.235. The first-order chi connectivity index (χ1) is 6.14. The minimum atomic E-state index is -0.667. The molecule has 3 N–H and O–H groups in total. The average molecular weight is 192 g/mol. The topological polar surface area (TPSA) is 73.2 Å². The third-order valence-corrected chi connectivity index (χ3v) is 2.26. The van der Waals surface area contributed by atoms with Crippen LogP contribution < -0.4 is 0 Å². The molecule has 1 unspecified atom stereocenters. The van der Waals surface area contributed by atoms with E-state index in [2.05, 4.69) is 6.92 Å². The molecular formula is C9H20O4. The molecule has 1 heterocycles. The fraction of sp³-hybridized carbons (Fsp3) is 1.00. The van der Waals surface area contributed by atoms with E-state index in [9.17, 15) is 0 Å². The zero-order valence-corrected chi connectivity index (χ0v) is 8.36. The van der Waals surface area contributed by atoms with Crippen molar-refractivity contribution in [3.05, 3.63) is 0 Å². The van der Waals surface area contributed by atoms with E-state index in [4.69, 9.17) is 20.1 Å². The molecule has 1 rings (SSSR count). The molecule has 4 heteroatoms. The summed E-state index contributed by atoms with van der Waals surface area (Å²) in [7, 11) is 0. The van der Waals surface area contributed by atoms with Crippen molar-refractivity contribution in [3.8, 4) is 0 Å². The molecule has 0 bridgehead atoms. The SMILES string of the molecule is CC1CO1.CCC(CO)(CO)CO. The van der Waals surface area contributed by atoms with Gasteiger partial charge in [0.15, 0.2) is 0 Å². The maximum atomic E-state index is 8.66. The number of rotatable bonds is 4. The Morgan fingerprint density at radius 3 is 1.54 bits per heavy atom. The largest absolute Gasteiger partial charge is 0.396 e. The maximum Gasteiger partial charge on any atom is 0.0781 e. The fourth-order valence-electron chi connectivity index (χ4n) is 0.582. The molecule has 1 aliphatic heterocycles. The Kier molecular flexibility index (Phi) is 6.24. The molecule has 1 atom stereocenters. The van der Waals surface area contributed by atoms with Crippen LogP contribution in [0.1, 0.15) is 20.3 Å². The van der Waals surface area contributed by atoms with Gasteiger partial charge in [-0.3, -0.25) is 0 Å². The summed E-state index contributed by atoms with van der Waals surface area (Å²) in [6.45, 7) is 4.39. The average Bonchev–Trinajstić information content (AvgIpc) is 2.94. The summed E-state index contributed by atoms with van der Waals surface area (Å²) in [6, 6.07) is 0. The van der Waals surface area contributed by atoms with Crippen LogP contribution in [-0.2, 0) is 4.74 Å². The van der Waals surface area contributed by atoms with E-state index in [1.165, 1.54) is 0 Å². The minimum Gasteiger partial charge on any atom is -0.396 e.